The van der Waals surface area contributed by atoms with E-state index in [-0.39, 0.29) is 18.7 Å². The SMILES string of the molecule is Cn1c(=O)c2c(ncn2CCOC(=O)C=Cc2ccncc2)n(C)c1=O. The largest absolute Gasteiger partial charge is 0.461 e. The number of carbonyl (C=O) groups is 1. The van der Waals surface area contributed by atoms with Crippen LogP contribution in [-0.4, -0.2) is 36.2 Å². The fraction of sp³-hybridized carbons (Fsp3) is 0.235. The number of fused-ring (bicyclic) bond motifs is 1. The van der Waals surface area contributed by atoms with Crippen LogP contribution < -0.4 is 11.2 Å². The Morgan fingerprint density at radius 2 is 1.92 bits per heavy atom. The van der Waals surface area contributed by atoms with Gasteiger partial charge in [0.05, 0.1) is 12.9 Å². The predicted octanol–water partition coefficient (Wildman–Crippen LogP) is 0.0853. The molecule has 0 N–H and O–H groups in total. The number of aryl methyl sites for hydroxylation is 1. The minimum Gasteiger partial charge on any atom is -0.461 e. The average molecular weight is 355 g/mol. The minimum absolute atomic E-state index is 0.0664. The summed E-state index contributed by atoms with van der Waals surface area (Å²) in [6, 6.07) is 3.53. The highest BCUT2D eigenvalue weighted by molar-refractivity contribution is 5.87. The first-order valence-corrected chi connectivity index (χ1v) is 7.84. The van der Waals surface area contributed by atoms with Gasteiger partial charge in [-0.05, 0) is 23.8 Å². The second kappa shape index (κ2) is 7.18. The van der Waals surface area contributed by atoms with Gasteiger partial charge in [0.25, 0.3) is 5.56 Å². The summed E-state index contributed by atoms with van der Waals surface area (Å²) in [6.07, 6.45) is 7.66. The Balaban J connectivity index is 1.69. The molecule has 3 aromatic rings. The van der Waals surface area contributed by atoms with Crippen molar-refractivity contribution in [2.24, 2.45) is 14.1 Å². The topological polar surface area (TPSA) is 101 Å². The van der Waals surface area contributed by atoms with Crippen LogP contribution >= 0.6 is 0 Å². The zero-order valence-electron chi connectivity index (χ0n) is 14.3. The Labute approximate surface area is 147 Å². The smallest absolute Gasteiger partial charge is 0.332 e. The van der Waals surface area contributed by atoms with Gasteiger partial charge in [-0.15, -0.1) is 0 Å². The summed E-state index contributed by atoms with van der Waals surface area (Å²) < 4.78 is 9.03. The van der Waals surface area contributed by atoms with Crippen LogP contribution in [0.15, 0.2) is 46.5 Å². The van der Waals surface area contributed by atoms with Gasteiger partial charge in [-0.1, -0.05) is 0 Å². The zero-order valence-corrected chi connectivity index (χ0v) is 14.3. The number of rotatable bonds is 5. The molecule has 3 heterocycles. The second-order valence-corrected chi connectivity index (χ2v) is 5.60. The van der Waals surface area contributed by atoms with Crippen LogP contribution in [0.5, 0.6) is 0 Å². The predicted molar refractivity (Wildman–Crippen MR) is 94.4 cm³/mol. The summed E-state index contributed by atoms with van der Waals surface area (Å²) in [5.74, 6) is -0.494. The summed E-state index contributed by atoms with van der Waals surface area (Å²) in [4.78, 5) is 44.0. The summed E-state index contributed by atoms with van der Waals surface area (Å²) in [6.45, 7) is 0.315. The van der Waals surface area contributed by atoms with Crippen molar-refractivity contribution in [3.63, 3.8) is 0 Å². The van der Waals surface area contributed by atoms with Gasteiger partial charge in [0.2, 0.25) is 0 Å². The van der Waals surface area contributed by atoms with E-state index in [1.54, 1.807) is 42.2 Å². The van der Waals surface area contributed by atoms with Crippen molar-refractivity contribution >= 4 is 23.2 Å². The Kier molecular flexibility index (Phi) is 4.78. The van der Waals surface area contributed by atoms with E-state index in [2.05, 4.69) is 9.97 Å². The maximum atomic E-state index is 12.3. The number of pyridine rings is 1. The van der Waals surface area contributed by atoms with Crippen molar-refractivity contribution in [3.05, 3.63) is 63.3 Å². The first kappa shape index (κ1) is 17.3. The highest BCUT2D eigenvalue weighted by atomic mass is 16.5. The van der Waals surface area contributed by atoms with E-state index in [0.29, 0.717) is 5.65 Å². The standard InChI is InChI=1S/C17H17N5O4/c1-20-15-14(16(24)21(2)17(20)25)22(11-19-15)9-10-26-13(23)4-3-12-5-7-18-8-6-12/h3-8,11H,9-10H2,1-2H3. The minimum atomic E-state index is -0.494. The van der Waals surface area contributed by atoms with Crippen LogP contribution in [0, 0.1) is 0 Å². The highest BCUT2D eigenvalue weighted by Crippen LogP contribution is 2.05. The Morgan fingerprint density at radius 3 is 2.65 bits per heavy atom. The number of carbonyl (C=O) groups excluding carboxylic acids is 1. The number of aromatic nitrogens is 5. The van der Waals surface area contributed by atoms with Gasteiger partial charge in [-0.2, -0.15) is 0 Å². The molecule has 0 aliphatic carbocycles. The molecular weight excluding hydrogens is 338 g/mol. The summed E-state index contributed by atoms with van der Waals surface area (Å²) in [7, 11) is 2.96. The Bertz CT molecular complexity index is 1090. The lowest BCUT2D eigenvalue weighted by atomic mass is 10.2. The highest BCUT2D eigenvalue weighted by Gasteiger charge is 2.14. The molecule has 134 valence electrons. The molecule has 3 rings (SSSR count). The maximum absolute atomic E-state index is 12.3. The molecule has 9 nitrogen and oxygen atoms in total. The zero-order chi connectivity index (χ0) is 18.7. The van der Waals surface area contributed by atoms with Gasteiger partial charge in [0, 0.05) is 32.6 Å². The average Bonchev–Trinajstić information content (AvgIpc) is 3.08. The number of imidazole rings is 1. The van der Waals surface area contributed by atoms with E-state index in [1.807, 2.05) is 0 Å². The first-order valence-electron chi connectivity index (χ1n) is 7.84. The summed E-state index contributed by atoms with van der Waals surface area (Å²) in [5.41, 5.74) is 0.534. The van der Waals surface area contributed by atoms with Crippen LogP contribution in [0.2, 0.25) is 0 Å². The van der Waals surface area contributed by atoms with Crippen LogP contribution in [0.1, 0.15) is 5.56 Å². The Morgan fingerprint density at radius 1 is 1.19 bits per heavy atom. The monoisotopic (exact) mass is 355 g/mol. The summed E-state index contributed by atoms with van der Waals surface area (Å²) in [5, 5.41) is 0. The van der Waals surface area contributed by atoms with E-state index < -0.39 is 17.2 Å². The van der Waals surface area contributed by atoms with Crippen molar-refractivity contribution in [1.29, 1.82) is 0 Å². The number of nitrogens with zero attached hydrogens (tertiary/aromatic N) is 5. The van der Waals surface area contributed by atoms with Crippen LogP contribution in [0.3, 0.4) is 0 Å². The molecule has 9 heteroatoms. The van der Waals surface area contributed by atoms with Gasteiger partial charge >= 0.3 is 11.7 Å². The fourth-order valence-corrected chi connectivity index (χ4v) is 2.50. The molecule has 0 saturated carbocycles. The second-order valence-electron chi connectivity index (χ2n) is 5.60. The van der Waals surface area contributed by atoms with Gasteiger partial charge in [0.15, 0.2) is 11.2 Å². The normalized spacial score (nSPS) is 11.3. The van der Waals surface area contributed by atoms with Crippen LogP contribution in [0.25, 0.3) is 17.2 Å². The number of hydrogen-bond donors (Lipinski definition) is 0. The third-order valence-corrected chi connectivity index (χ3v) is 3.91. The van der Waals surface area contributed by atoms with Crippen molar-refractivity contribution in [2.45, 2.75) is 6.54 Å². The third-order valence-electron chi connectivity index (χ3n) is 3.91. The molecule has 0 atom stereocenters. The Hall–Kier alpha value is -3.49. The van der Waals surface area contributed by atoms with Crippen molar-refractivity contribution in [2.75, 3.05) is 6.61 Å². The van der Waals surface area contributed by atoms with Crippen LogP contribution in [0.4, 0.5) is 0 Å². The van der Waals surface area contributed by atoms with Gasteiger partial charge in [0.1, 0.15) is 6.61 Å². The fourth-order valence-electron chi connectivity index (χ4n) is 2.50. The van der Waals surface area contributed by atoms with Crippen LogP contribution in [-0.2, 0) is 30.2 Å². The number of hydrogen-bond acceptors (Lipinski definition) is 6. The molecule has 0 saturated heterocycles. The van der Waals surface area contributed by atoms with Crippen molar-refractivity contribution < 1.29 is 9.53 Å². The third kappa shape index (κ3) is 3.32. The molecular formula is C17H17N5O4. The van der Waals surface area contributed by atoms with Gasteiger partial charge < -0.3 is 9.30 Å². The molecule has 0 radical (unpaired) electrons. The molecule has 0 unspecified atom stereocenters. The van der Waals surface area contributed by atoms with E-state index in [0.717, 1.165) is 10.1 Å². The van der Waals surface area contributed by atoms with E-state index in [9.17, 15) is 14.4 Å². The first-order chi connectivity index (χ1) is 12.5. The molecule has 0 amide bonds. The van der Waals surface area contributed by atoms with E-state index in [4.69, 9.17) is 4.74 Å². The lowest BCUT2D eigenvalue weighted by molar-refractivity contribution is -0.137. The molecule has 0 aliphatic heterocycles. The maximum Gasteiger partial charge on any atom is 0.332 e. The lowest BCUT2D eigenvalue weighted by Crippen LogP contribution is -2.37. The molecule has 0 bridgehead atoms. The van der Waals surface area contributed by atoms with Gasteiger partial charge in [-0.3, -0.25) is 18.9 Å². The number of esters is 1. The van der Waals surface area contributed by atoms with Gasteiger partial charge in [-0.25, -0.2) is 14.6 Å². The molecule has 0 fully saturated rings. The molecule has 26 heavy (non-hydrogen) atoms. The molecule has 3 aromatic heterocycles. The molecule has 0 aromatic carbocycles. The van der Waals surface area contributed by atoms with E-state index in [1.165, 1.54) is 24.0 Å². The number of ether oxygens (including phenoxy) is 1. The van der Waals surface area contributed by atoms with Crippen molar-refractivity contribution in [1.82, 2.24) is 23.7 Å². The molecule has 0 spiro atoms. The molecule has 0 aliphatic rings. The lowest BCUT2D eigenvalue weighted by Gasteiger charge is -2.06. The van der Waals surface area contributed by atoms with Crippen molar-refractivity contribution in [3.8, 4) is 0 Å². The quantitative estimate of drug-likeness (QED) is 0.475. The van der Waals surface area contributed by atoms with E-state index >= 15 is 0 Å². The summed E-state index contributed by atoms with van der Waals surface area (Å²) >= 11 is 0.